The quantitative estimate of drug-likeness (QED) is 0.447. The van der Waals surface area contributed by atoms with Crippen LogP contribution in [0.3, 0.4) is 0 Å². The molecule has 3 aliphatic carbocycles. The highest BCUT2D eigenvalue weighted by Crippen LogP contribution is 2.61. The van der Waals surface area contributed by atoms with Crippen LogP contribution < -0.4 is 0 Å². The van der Waals surface area contributed by atoms with Gasteiger partial charge in [-0.15, -0.1) is 0 Å². The standard InChI is InChI=1S/C10H14/c1-6-2-3-8-7-4-5-9(7)10(6)8/h6-7,9H,2-5H2,1H3/t6?,7-,9?/m0/s1. The molecule has 0 aromatic heterocycles. The predicted octanol–water partition coefficient (Wildman–Crippen LogP) is 2.75. The van der Waals surface area contributed by atoms with Crippen LogP contribution in [-0.4, -0.2) is 0 Å². The Morgan fingerprint density at radius 2 is 1.90 bits per heavy atom. The SMILES string of the molecule is CC1CCC2=C1C1CC[C@@H]21. The second kappa shape index (κ2) is 1.49. The van der Waals surface area contributed by atoms with E-state index in [0.29, 0.717) is 0 Å². The zero-order chi connectivity index (χ0) is 6.72. The fraction of sp³-hybridized carbons (Fsp3) is 0.800. The van der Waals surface area contributed by atoms with Crippen LogP contribution in [0.4, 0.5) is 0 Å². The second-order valence-electron chi connectivity index (χ2n) is 4.21. The molecule has 0 radical (unpaired) electrons. The molecule has 3 rings (SSSR count). The summed E-state index contributed by atoms with van der Waals surface area (Å²) in [4.78, 5) is 0. The lowest BCUT2D eigenvalue weighted by atomic mass is 9.56. The van der Waals surface area contributed by atoms with E-state index in [9.17, 15) is 0 Å². The lowest BCUT2D eigenvalue weighted by Gasteiger charge is -2.49. The van der Waals surface area contributed by atoms with E-state index in [2.05, 4.69) is 6.92 Å². The number of hydrogen-bond acceptors (Lipinski definition) is 0. The molecule has 54 valence electrons. The monoisotopic (exact) mass is 134 g/mol. The second-order valence-corrected chi connectivity index (χ2v) is 4.21. The van der Waals surface area contributed by atoms with Crippen molar-refractivity contribution in [1.29, 1.82) is 0 Å². The van der Waals surface area contributed by atoms with Crippen molar-refractivity contribution in [3.05, 3.63) is 11.1 Å². The number of rotatable bonds is 0. The molecule has 3 aliphatic rings. The lowest BCUT2D eigenvalue weighted by Crippen LogP contribution is -2.38. The van der Waals surface area contributed by atoms with Gasteiger partial charge in [0.05, 0.1) is 0 Å². The van der Waals surface area contributed by atoms with Gasteiger partial charge >= 0.3 is 0 Å². The van der Waals surface area contributed by atoms with Gasteiger partial charge in [-0.05, 0) is 43.4 Å². The lowest BCUT2D eigenvalue weighted by molar-refractivity contribution is 0.196. The van der Waals surface area contributed by atoms with Gasteiger partial charge in [0.2, 0.25) is 0 Å². The molecule has 0 heterocycles. The van der Waals surface area contributed by atoms with Crippen molar-refractivity contribution < 1.29 is 0 Å². The van der Waals surface area contributed by atoms with Gasteiger partial charge in [-0.25, -0.2) is 0 Å². The highest BCUT2D eigenvalue weighted by molar-refractivity contribution is 5.40. The van der Waals surface area contributed by atoms with Crippen LogP contribution in [0.5, 0.6) is 0 Å². The molecule has 0 nitrogen and oxygen atoms in total. The normalized spacial score (nSPS) is 49.5. The highest BCUT2D eigenvalue weighted by Gasteiger charge is 2.49. The third-order valence-electron chi connectivity index (χ3n) is 3.87. The maximum Gasteiger partial charge on any atom is -0.0132 e. The third kappa shape index (κ3) is 0.398. The fourth-order valence-electron chi connectivity index (χ4n) is 3.18. The molecule has 10 heavy (non-hydrogen) atoms. The van der Waals surface area contributed by atoms with E-state index < -0.39 is 0 Å². The number of hydrogen-bond donors (Lipinski definition) is 0. The summed E-state index contributed by atoms with van der Waals surface area (Å²) in [5.74, 6) is 3.16. The number of fused-ring (bicyclic) bond motifs is 3. The molecule has 2 unspecified atom stereocenters. The molecule has 0 heteroatoms. The van der Waals surface area contributed by atoms with Crippen LogP contribution in [0, 0.1) is 17.8 Å². The van der Waals surface area contributed by atoms with E-state index in [1.165, 1.54) is 25.7 Å². The smallest absolute Gasteiger partial charge is 0.0132 e. The summed E-state index contributed by atoms with van der Waals surface area (Å²) in [6.07, 6.45) is 5.97. The minimum absolute atomic E-state index is 0.969. The first kappa shape index (κ1) is 5.40. The molecule has 0 saturated heterocycles. The molecule has 0 aliphatic heterocycles. The predicted molar refractivity (Wildman–Crippen MR) is 41.6 cm³/mol. The highest BCUT2D eigenvalue weighted by atomic mass is 14.5. The molecule has 0 aromatic rings. The topological polar surface area (TPSA) is 0 Å². The first-order valence-corrected chi connectivity index (χ1v) is 4.61. The Balaban J connectivity index is 2.01. The zero-order valence-corrected chi connectivity index (χ0v) is 6.56. The van der Waals surface area contributed by atoms with Crippen LogP contribution in [0.2, 0.25) is 0 Å². The third-order valence-corrected chi connectivity index (χ3v) is 3.87. The van der Waals surface area contributed by atoms with Crippen molar-refractivity contribution in [3.8, 4) is 0 Å². The summed E-state index contributed by atoms with van der Waals surface area (Å²) in [5, 5.41) is 0. The van der Waals surface area contributed by atoms with Gasteiger partial charge in [-0.1, -0.05) is 18.1 Å². The Bertz CT molecular complexity index is 212. The van der Waals surface area contributed by atoms with Crippen LogP contribution in [0.15, 0.2) is 11.1 Å². The van der Waals surface area contributed by atoms with Crippen molar-refractivity contribution in [1.82, 2.24) is 0 Å². The number of allylic oxidation sites excluding steroid dienone is 2. The largest absolute Gasteiger partial charge is 0.0667 e. The van der Waals surface area contributed by atoms with Gasteiger partial charge in [0, 0.05) is 0 Å². The summed E-state index contributed by atoms with van der Waals surface area (Å²) in [5.41, 5.74) is 3.79. The van der Waals surface area contributed by atoms with Gasteiger partial charge in [0.15, 0.2) is 0 Å². The van der Waals surface area contributed by atoms with Crippen molar-refractivity contribution >= 4 is 0 Å². The van der Waals surface area contributed by atoms with Gasteiger partial charge in [0.1, 0.15) is 0 Å². The molecule has 0 N–H and O–H groups in total. The zero-order valence-electron chi connectivity index (χ0n) is 6.56. The molecule has 0 bridgehead atoms. The van der Waals surface area contributed by atoms with Gasteiger partial charge < -0.3 is 0 Å². The van der Waals surface area contributed by atoms with Crippen molar-refractivity contribution in [3.63, 3.8) is 0 Å². The van der Waals surface area contributed by atoms with Crippen molar-refractivity contribution in [2.24, 2.45) is 17.8 Å². The van der Waals surface area contributed by atoms with Crippen LogP contribution in [0.25, 0.3) is 0 Å². The van der Waals surface area contributed by atoms with E-state index in [1.54, 1.807) is 0 Å². The molecular weight excluding hydrogens is 120 g/mol. The van der Waals surface area contributed by atoms with Crippen LogP contribution >= 0.6 is 0 Å². The Labute approximate surface area is 62.3 Å². The first-order valence-electron chi connectivity index (χ1n) is 4.61. The maximum absolute atomic E-state index is 2.41. The Morgan fingerprint density at radius 3 is 2.50 bits per heavy atom. The Hall–Kier alpha value is -0.260. The van der Waals surface area contributed by atoms with Gasteiger partial charge in [-0.3, -0.25) is 0 Å². The van der Waals surface area contributed by atoms with Gasteiger partial charge in [0.25, 0.3) is 0 Å². The molecule has 0 aromatic carbocycles. The molecule has 0 amide bonds. The first-order chi connectivity index (χ1) is 4.88. The van der Waals surface area contributed by atoms with E-state index in [0.717, 1.165) is 17.8 Å². The van der Waals surface area contributed by atoms with Crippen molar-refractivity contribution in [2.45, 2.75) is 32.6 Å². The molecular formula is C10H14. The molecule has 3 atom stereocenters. The van der Waals surface area contributed by atoms with E-state index in [-0.39, 0.29) is 0 Å². The maximum atomic E-state index is 2.41. The minimum Gasteiger partial charge on any atom is -0.0667 e. The fourth-order valence-corrected chi connectivity index (χ4v) is 3.18. The summed E-state index contributed by atoms with van der Waals surface area (Å²) < 4.78 is 0. The molecule has 0 spiro atoms. The Kier molecular flexibility index (Phi) is 0.805. The summed E-state index contributed by atoms with van der Waals surface area (Å²) in [7, 11) is 0. The molecule has 1 fully saturated rings. The van der Waals surface area contributed by atoms with E-state index in [4.69, 9.17) is 0 Å². The minimum atomic E-state index is 0.969. The van der Waals surface area contributed by atoms with Gasteiger partial charge in [-0.2, -0.15) is 0 Å². The summed E-state index contributed by atoms with van der Waals surface area (Å²) in [6, 6.07) is 0. The van der Waals surface area contributed by atoms with E-state index in [1.807, 2.05) is 11.1 Å². The average Bonchev–Trinajstić information content (AvgIpc) is 2.14. The van der Waals surface area contributed by atoms with E-state index >= 15 is 0 Å². The van der Waals surface area contributed by atoms with Crippen molar-refractivity contribution in [2.75, 3.05) is 0 Å². The Morgan fingerprint density at radius 1 is 1.10 bits per heavy atom. The summed E-state index contributed by atoms with van der Waals surface area (Å²) >= 11 is 0. The average molecular weight is 134 g/mol. The van der Waals surface area contributed by atoms with Crippen LogP contribution in [0.1, 0.15) is 32.6 Å². The van der Waals surface area contributed by atoms with Crippen LogP contribution in [-0.2, 0) is 0 Å². The molecule has 1 saturated carbocycles. The summed E-state index contributed by atoms with van der Waals surface area (Å²) in [6.45, 7) is 2.41.